The molecule has 1 aliphatic heterocycles. The predicted octanol–water partition coefficient (Wildman–Crippen LogP) is 1.45. The van der Waals surface area contributed by atoms with Crippen LogP contribution in [0.5, 0.6) is 0 Å². The van der Waals surface area contributed by atoms with Crippen LogP contribution >= 0.6 is 0 Å². The number of ether oxygens (including phenoxy) is 1. The van der Waals surface area contributed by atoms with Gasteiger partial charge in [-0.3, -0.25) is 4.79 Å². The number of rotatable bonds is 5. The number of carboxylic acid groups (broad SMARTS) is 1. The maximum Gasteiger partial charge on any atom is 0.317 e. The van der Waals surface area contributed by atoms with Crippen LogP contribution in [-0.4, -0.2) is 53.8 Å². The summed E-state index contributed by atoms with van der Waals surface area (Å²) in [4.78, 5) is 24.6. The van der Waals surface area contributed by atoms with Gasteiger partial charge in [0.25, 0.3) is 0 Å². The maximum absolute atomic E-state index is 12.2. The highest BCUT2D eigenvalue weighted by atomic mass is 16.5. The Bertz CT molecular complexity index is 361. The van der Waals surface area contributed by atoms with Crippen LogP contribution < -0.4 is 5.32 Å². The number of carboxylic acids is 1. The summed E-state index contributed by atoms with van der Waals surface area (Å²) in [5.74, 6) is -0.611. The quantitative estimate of drug-likeness (QED) is 0.801. The largest absolute Gasteiger partial charge is 0.481 e. The number of amides is 2. The first-order valence-corrected chi connectivity index (χ1v) is 7.46. The fourth-order valence-electron chi connectivity index (χ4n) is 3.01. The summed E-state index contributed by atoms with van der Waals surface area (Å²) in [6.07, 6.45) is 4.13. The minimum absolute atomic E-state index is 0.0348. The van der Waals surface area contributed by atoms with Crippen molar-refractivity contribution in [2.75, 3.05) is 19.7 Å². The standard InChI is InChI=1S/C14H24N2O4/c1-10(5-6-13(17)18)9-15-14(19)16-7-8-20-12-4-2-3-11(12)16/h10-12H,2-9H2,1H3,(H,15,19)(H,17,18). The third-order valence-electron chi connectivity index (χ3n) is 4.20. The highest BCUT2D eigenvalue weighted by Gasteiger charge is 2.38. The van der Waals surface area contributed by atoms with Gasteiger partial charge in [0, 0.05) is 19.5 Å². The van der Waals surface area contributed by atoms with Gasteiger partial charge in [0.2, 0.25) is 0 Å². The molecule has 1 saturated carbocycles. The molecule has 1 aliphatic carbocycles. The van der Waals surface area contributed by atoms with Gasteiger partial charge in [-0.05, 0) is 31.6 Å². The SMILES string of the molecule is CC(CCC(=O)O)CNC(=O)N1CCOC2CCCC21. The summed E-state index contributed by atoms with van der Waals surface area (Å²) in [5.41, 5.74) is 0. The van der Waals surface area contributed by atoms with E-state index in [0.29, 0.717) is 26.1 Å². The Morgan fingerprint density at radius 3 is 3.00 bits per heavy atom. The Labute approximate surface area is 119 Å². The summed E-state index contributed by atoms with van der Waals surface area (Å²) < 4.78 is 5.69. The van der Waals surface area contributed by atoms with Crippen molar-refractivity contribution in [1.29, 1.82) is 0 Å². The fraction of sp³-hybridized carbons (Fsp3) is 0.857. The average Bonchev–Trinajstić information content (AvgIpc) is 2.90. The second kappa shape index (κ2) is 6.92. The number of carbonyl (C=O) groups is 2. The lowest BCUT2D eigenvalue weighted by Gasteiger charge is -2.37. The number of urea groups is 1. The molecular weight excluding hydrogens is 260 g/mol. The Balaban J connectivity index is 1.75. The van der Waals surface area contributed by atoms with Gasteiger partial charge < -0.3 is 20.1 Å². The lowest BCUT2D eigenvalue weighted by molar-refractivity contribution is -0.137. The Hall–Kier alpha value is -1.30. The Morgan fingerprint density at radius 2 is 2.25 bits per heavy atom. The van der Waals surface area contributed by atoms with E-state index in [4.69, 9.17) is 9.84 Å². The molecule has 2 rings (SSSR count). The van der Waals surface area contributed by atoms with E-state index >= 15 is 0 Å². The summed E-state index contributed by atoms with van der Waals surface area (Å²) in [6.45, 7) is 3.75. The first kappa shape index (κ1) is 15.1. The first-order chi connectivity index (χ1) is 9.58. The monoisotopic (exact) mass is 284 g/mol. The third kappa shape index (κ3) is 3.85. The van der Waals surface area contributed by atoms with E-state index in [-0.39, 0.29) is 30.5 Å². The highest BCUT2D eigenvalue weighted by molar-refractivity contribution is 5.74. The van der Waals surface area contributed by atoms with Gasteiger partial charge in [-0.15, -0.1) is 0 Å². The van der Waals surface area contributed by atoms with E-state index < -0.39 is 5.97 Å². The molecule has 6 heteroatoms. The molecule has 0 aromatic heterocycles. The van der Waals surface area contributed by atoms with Gasteiger partial charge >= 0.3 is 12.0 Å². The summed E-state index contributed by atoms with van der Waals surface area (Å²) in [7, 11) is 0. The van der Waals surface area contributed by atoms with Crippen LogP contribution in [0.3, 0.4) is 0 Å². The summed E-state index contributed by atoms with van der Waals surface area (Å²) in [6, 6.07) is 0.186. The fourth-order valence-corrected chi connectivity index (χ4v) is 3.01. The topological polar surface area (TPSA) is 78.9 Å². The van der Waals surface area contributed by atoms with Crippen LogP contribution in [0.15, 0.2) is 0 Å². The van der Waals surface area contributed by atoms with Crippen LogP contribution in [0.2, 0.25) is 0 Å². The minimum atomic E-state index is -0.787. The first-order valence-electron chi connectivity index (χ1n) is 7.46. The van der Waals surface area contributed by atoms with Crippen molar-refractivity contribution in [3.63, 3.8) is 0 Å². The Kier molecular flexibility index (Phi) is 5.23. The molecule has 1 heterocycles. The highest BCUT2D eigenvalue weighted by Crippen LogP contribution is 2.29. The van der Waals surface area contributed by atoms with Gasteiger partial charge in [0.15, 0.2) is 0 Å². The van der Waals surface area contributed by atoms with Crippen LogP contribution in [0, 0.1) is 5.92 Å². The van der Waals surface area contributed by atoms with Crippen molar-refractivity contribution in [3.8, 4) is 0 Å². The lowest BCUT2D eigenvalue weighted by Crippen LogP contribution is -2.54. The normalized spacial score (nSPS) is 26.9. The van der Waals surface area contributed by atoms with Crippen molar-refractivity contribution < 1.29 is 19.4 Å². The molecule has 20 heavy (non-hydrogen) atoms. The molecule has 0 aromatic rings. The molecule has 1 saturated heterocycles. The molecule has 2 amide bonds. The third-order valence-corrected chi connectivity index (χ3v) is 4.20. The van der Waals surface area contributed by atoms with Gasteiger partial charge in [-0.2, -0.15) is 0 Å². The second-order valence-electron chi connectivity index (χ2n) is 5.82. The summed E-state index contributed by atoms with van der Waals surface area (Å²) in [5, 5.41) is 11.6. The second-order valence-corrected chi connectivity index (χ2v) is 5.82. The molecule has 0 aromatic carbocycles. The van der Waals surface area contributed by atoms with Crippen molar-refractivity contribution >= 4 is 12.0 Å². The van der Waals surface area contributed by atoms with Gasteiger partial charge in [0.1, 0.15) is 0 Å². The Morgan fingerprint density at radius 1 is 1.45 bits per heavy atom. The van der Waals surface area contributed by atoms with Crippen molar-refractivity contribution in [2.24, 2.45) is 5.92 Å². The molecule has 0 radical (unpaired) electrons. The van der Waals surface area contributed by atoms with Crippen molar-refractivity contribution in [2.45, 2.75) is 51.2 Å². The smallest absolute Gasteiger partial charge is 0.317 e. The van der Waals surface area contributed by atoms with Crippen LogP contribution in [0.25, 0.3) is 0 Å². The number of morpholine rings is 1. The molecule has 0 bridgehead atoms. The molecule has 0 spiro atoms. The number of fused-ring (bicyclic) bond motifs is 1. The molecule has 3 unspecified atom stereocenters. The van der Waals surface area contributed by atoms with Crippen LogP contribution in [0.1, 0.15) is 39.0 Å². The predicted molar refractivity (Wildman–Crippen MR) is 73.5 cm³/mol. The van der Waals surface area contributed by atoms with E-state index in [1.54, 1.807) is 0 Å². The molecular formula is C14H24N2O4. The maximum atomic E-state index is 12.2. The van der Waals surface area contributed by atoms with E-state index in [2.05, 4.69) is 5.32 Å². The van der Waals surface area contributed by atoms with Crippen molar-refractivity contribution in [3.05, 3.63) is 0 Å². The zero-order chi connectivity index (χ0) is 14.5. The van der Waals surface area contributed by atoms with E-state index in [1.807, 2.05) is 11.8 Å². The number of nitrogens with one attached hydrogen (secondary N) is 1. The van der Waals surface area contributed by atoms with E-state index in [9.17, 15) is 9.59 Å². The van der Waals surface area contributed by atoms with Crippen LogP contribution in [0.4, 0.5) is 4.79 Å². The zero-order valence-electron chi connectivity index (χ0n) is 12.0. The summed E-state index contributed by atoms with van der Waals surface area (Å²) >= 11 is 0. The zero-order valence-corrected chi connectivity index (χ0v) is 12.0. The van der Waals surface area contributed by atoms with Gasteiger partial charge in [-0.1, -0.05) is 6.92 Å². The number of hydrogen-bond acceptors (Lipinski definition) is 3. The number of hydrogen-bond donors (Lipinski definition) is 2. The molecule has 2 aliphatic rings. The average molecular weight is 284 g/mol. The molecule has 2 fully saturated rings. The molecule has 2 N–H and O–H groups in total. The van der Waals surface area contributed by atoms with E-state index in [1.165, 1.54) is 0 Å². The van der Waals surface area contributed by atoms with Crippen LogP contribution in [-0.2, 0) is 9.53 Å². The molecule has 114 valence electrons. The molecule has 3 atom stereocenters. The van der Waals surface area contributed by atoms with Crippen molar-refractivity contribution in [1.82, 2.24) is 10.2 Å². The number of nitrogens with zero attached hydrogens (tertiary/aromatic N) is 1. The minimum Gasteiger partial charge on any atom is -0.481 e. The van der Waals surface area contributed by atoms with E-state index in [0.717, 1.165) is 19.3 Å². The number of aliphatic carboxylic acids is 1. The van der Waals surface area contributed by atoms with Gasteiger partial charge in [-0.25, -0.2) is 4.79 Å². The molecule has 6 nitrogen and oxygen atoms in total. The van der Waals surface area contributed by atoms with Gasteiger partial charge in [0.05, 0.1) is 18.8 Å². The number of carbonyl (C=O) groups excluding carboxylic acids is 1. The lowest BCUT2D eigenvalue weighted by atomic mass is 10.1.